The van der Waals surface area contributed by atoms with Crippen molar-refractivity contribution in [1.29, 1.82) is 0 Å². The maximum atomic E-state index is 12.5. The van der Waals surface area contributed by atoms with Crippen LogP contribution in [0.1, 0.15) is 23.2 Å². The van der Waals surface area contributed by atoms with Crippen molar-refractivity contribution in [3.8, 4) is 0 Å². The Kier molecular flexibility index (Phi) is 5.36. The van der Waals surface area contributed by atoms with Gasteiger partial charge in [0.2, 0.25) is 0 Å². The lowest BCUT2D eigenvalue weighted by atomic mass is 10.1. The number of aliphatic hydroxyl groups excluding tert-OH is 1. The van der Waals surface area contributed by atoms with Crippen LogP contribution < -0.4 is 5.32 Å². The summed E-state index contributed by atoms with van der Waals surface area (Å²) in [5, 5.41) is 12.5. The highest BCUT2D eigenvalue weighted by atomic mass is 79.9. The monoisotopic (exact) mass is 326 g/mol. The molecule has 2 N–H and O–H groups in total. The molecule has 1 amide bonds. The fourth-order valence-electron chi connectivity index (χ4n) is 2.38. The Morgan fingerprint density at radius 1 is 1.47 bits per heavy atom. The SMILES string of the molecule is O=C(c1ccccc1Br)N(CCO)CC1CCCN1. The minimum absolute atomic E-state index is 0.0110. The molecule has 0 radical (unpaired) electrons. The van der Waals surface area contributed by atoms with Crippen LogP contribution in [0, 0.1) is 0 Å². The third-order valence-electron chi connectivity index (χ3n) is 3.36. The summed E-state index contributed by atoms with van der Waals surface area (Å²) in [6.45, 7) is 2.03. The highest BCUT2D eigenvalue weighted by Gasteiger charge is 2.23. The number of carbonyl (C=O) groups excluding carboxylic acids is 1. The van der Waals surface area contributed by atoms with Crippen molar-refractivity contribution in [1.82, 2.24) is 10.2 Å². The van der Waals surface area contributed by atoms with Gasteiger partial charge in [0.15, 0.2) is 0 Å². The van der Waals surface area contributed by atoms with E-state index in [2.05, 4.69) is 21.2 Å². The Balaban J connectivity index is 2.09. The molecule has 4 nitrogen and oxygen atoms in total. The van der Waals surface area contributed by atoms with Gasteiger partial charge in [-0.05, 0) is 47.4 Å². The molecule has 5 heteroatoms. The largest absolute Gasteiger partial charge is 0.395 e. The second-order valence-corrected chi connectivity index (χ2v) is 5.60. The van der Waals surface area contributed by atoms with E-state index in [1.165, 1.54) is 0 Å². The molecule has 19 heavy (non-hydrogen) atoms. The number of aliphatic hydroxyl groups is 1. The van der Waals surface area contributed by atoms with Crippen molar-refractivity contribution in [2.75, 3.05) is 26.2 Å². The van der Waals surface area contributed by atoms with Gasteiger partial charge in [-0.3, -0.25) is 4.79 Å². The third-order valence-corrected chi connectivity index (χ3v) is 4.06. The summed E-state index contributed by atoms with van der Waals surface area (Å²) in [5.74, 6) is -0.0322. The number of carbonyl (C=O) groups is 1. The van der Waals surface area contributed by atoms with Crippen LogP contribution in [-0.2, 0) is 0 Å². The van der Waals surface area contributed by atoms with Gasteiger partial charge in [-0.2, -0.15) is 0 Å². The second kappa shape index (κ2) is 7.03. The van der Waals surface area contributed by atoms with Crippen LogP contribution in [0.3, 0.4) is 0 Å². The van der Waals surface area contributed by atoms with Crippen molar-refractivity contribution in [3.63, 3.8) is 0 Å². The summed E-state index contributed by atoms with van der Waals surface area (Å²) in [6.07, 6.45) is 2.24. The van der Waals surface area contributed by atoms with Gasteiger partial charge in [-0.15, -0.1) is 0 Å². The fraction of sp³-hybridized carbons (Fsp3) is 0.500. The molecule has 1 unspecified atom stereocenters. The number of hydrogen-bond acceptors (Lipinski definition) is 3. The first-order valence-electron chi connectivity index (χ1n) is 6.60. The van der Waals surface area contributed by atoms with E-state index in [9.17, 15) is 4.79 Å². The van der Waals surface area contributed by atoms with E-state index in [1.807, 2.05) is 18.2 Å². The third kappa shape index (κ3) is 3.78. The molecule has 0 aliphatic carbocycles. The molecule has 1 aromatic carbocycles. The van der Waals surface area contributed by atoms with Crippen LogP contribution in [0.25, 0.3) is 0 Å². The molecule has 1 atom stereocenters. The highest BCUT2D eigenvalue weighted by Crippen LogP contribution is 2.18. The molecule has 1 aromatic rings. The molecule has 2 rings (SSSR count). The lowest BCUT2D eigenvalue weighted by Crippen LogP contribution is -2.42. The van der Waals surface area contributed by atoms with Crippen LogP contribution in [0.2, 0.25) is 0 Å². The average molecular weight is 327 g/mol. The molecule has 0 saturated carbocycles. The van der Waals surface area contributed by atoms with Crippen LogP contribution in [0.5, 0.6) is 0 Å². The van der Waals surface area contributed by atoms with E-state index in [-0.39, 0.29) is 12.5 Å². The van der Waals surface area contributed by atoms with E-state index in [1.54, 1.807) is 11.0 Å². The minimum atomic E-state index is -0.0322. The van der Waals surface area contributed by atoms with Crippen molar-refractivity contribution in [3.05, 3.63) is 34.3 Å². The summed E-state index contributed by atoms with van der Waals surface area (Å²) in [4.78, 5) is 14.2. The van der Waals surface area contributed by atoms with E-state index in [0.29, 0.717) is 24.7 Å². The lowest BCUT2D eigenvalue weighted by molar-refractivity contribution is 0.0705. The zero-order valence-electron chi connectivity index (χ0n) is 10.8. The predicted molar refractivity (Wildman–Crippen MR) is 78.2 cm³/mol. The first kappa shape index (κ1) is 14.5. The average Bonchev–Trinajstić information content (AvgIpc) is 2.91. The fourth-order valence-corrected chi connectivity index (χ4v) is 2.83. The van der Waals surface area contributed by atoms with Crippen molar-refractivity contribution < 1.29 is 9.90 Å². The molecule has 1 aliphatic heterocycles. The highest BCUT2D eigenvalue weighted by molar-refractivity contribution is 9.10. The van der Waals surface area contributed by atoms with Crippen molar-refractivity contribution >= 4 is 21.8 Å². The van der Waals surface area contributed by atoms with E-state index < -0.39 is 0 Å². The van der Waals surface area contributed by atoms with Gasteiger partial charge in [0.1, 0.15) is 0 Å². The summed E-state index contributed by atoms with van der Waals surface area (Å²) in [5.41, 5.74) is 0.647. The van der Waals surface area contributed by atoms with Gasteiger partial charge in [-0.25, -0.2) is 0 Å². The number of halogens is 1. The number of benzene rings is 1. The second-order valence-electron chi connectivity index (χ2n) is 4.75. The van der Waals surface area contributed by atoms with Crippen LogP contribution >= 0.6 is 15.9 Å². The number of nitrogens with one attached hydrogen (secondary N) is 1. The summed E-state index contributed by atoms with van der Waals surface area (Å²) >= 11 is 3.40. The molecular formula is C14H19BrN2O2. The zero-order chi connectivity index (χ0) is 13.7. The van der Waals surface area contributed by atoms with Gasteiger partial charge in [0.05, 0.1) is 12.2 Å². The quantitative estimate of drug-likeness (QED) is 0.864. The number of amides is 1. The maximum absolute atomic E-state index is 12.5. The van der Waals surface area contributed by atoms with Crippen molar-refractivity contribution in [2.24, 2.45) is 0 Å². The van der Waals surface area contributed by atoms with Gasteiger partial charge in [0.25, 0.3) is 5.91 Å². The predicted octanol–water partition coefficient (Wildman–Crippen LogP) is 1.64. The Morgan fingerprint density at radius 2 is 2.26 bits per heavy atom. The minimum Gasteiger partial charge on any atom is -0.395 e. The molecular weight excluding hydrogens is 308 g/mol. The first-order valence-corrected chi connectivity index (χ1v) is 7.39. The molecule has 1 fully saturated rings. The zero-order valence-corrected chi connectivity index (χ0v) is 12.4. The Labute approximate surface area is 121 Å². The normalized spacial score (nSPS) is 18.5. The Bertz CT molecular complexity index is 433. The van der Waals surface area contributed by atoms with Crippen LogP contribution in [0.4, 0.5) is 0 Å². The summed E-state index contributed by atoms with van der Waals surface area (Å²) in [6, 6.07) is 7.74. The molecule has 104 valence electrons. The summed E-state index contributed by atoms with van der Waals surface area (Å²) in [7, 11) is 0. The molecule has 0 aromatic heterocycles. The number of hydrogen-bond donors (Lipinski definition) is 2. The Morgan fingerprint density at radius 3 is 2.89 bits per heavy atom. The standard InChI is InChI=1S/C14H19BrN2O2/c15-13-6-2-1-5-12(13)14(19)17(8-9-18)10-11-4-3-7-16-11/h1-2,5-6,11,16,18H,3-4,7-10H2. The lowest BCUT2D eigenvalue weighted by Gasteiger charge is -2.25. The van der Waals surface area contributed by atoms with Gasteiger partial charge in [-0.1, -0.05) is 12.1 Å². The van der Waals surface area contributed by atoms with Gasteiger partial charge >= 0.3 is 0 Å². The maximum Gasteiger partial charge on any atom is 0.255 e. The molecule has 1 heterocycles. The van der Waals surface area contributed by atoms with Crippen LogP contribution in [0.15, 0.2) is 28.7 Å². The van der Waals surface area contributed by atoms with Crippen LogP contribution in [-0.4, -0.2) is 48.2 Å². The van der Waals surface area contributed by atoms with E-state index in [4.69, 9.17) is 5.11 Å². The van der Waals surface area contributed by atoms with E-state index in [0.717, 1.165) is 23.9 Å². The smallest absolute Gasteiger partial charge is 0.255 e. The molecule has 1 aliphatic rings. The summed E-state index contributed by atoms with van der Waals surface area (Å²) < 4.78 is 0.794. The molecule has 0 spiro atoms. The topological polar surface area (TPSA) is 52.6 Å². The Hall–Kier alpha value is -0.910. The van der Waals surface area contributed by atoms with Gasteiger partial charge < -0.3 is 15.3 Å². The number of nitrogens with zero attached hydrogens (tertiary/aromatic N) is 1. The first-order chi connectivity index (χ1) is 9.22. The number of rotatable bonds is 5. The van der Waals surface area contributed by atoms with Crippen molar-refractivity contribution in [2.45, 2.75) is 18.9 Å². The van der Waals surface area contributed by atoms with Gasteiger partial charge in [0, 0.05) is 23.6 Å². The molecule has 0 bridgehead atoms. The molecule has 1 saturated heterocycles. The van der Waals surface area contributed by atoms with E-state index >= 15 is 0 Å².